The Balaban J connectivity index is 2.28. The molecule has 2 rings (SSSR count). The van der Waals surface area contributed by atoms with Crippen LogP contribution in [0.3, 0.4) is 0 Å². The molecule has 3 N–H and O–H groups in total. The third-order valence-electron chi connectivity index (χ3n) is 2.98. The number of nitrogens with one attached hydrogen (secondary N) is 1. The molecule has 0 saturated heterocycles. The highest BCUT2D eigenvalue weighted by atomic mass is 32.1. The fourth-order valence-electron chi connectivity index (χ4n) is 2.03. The molecule has 1 aromatic carbocycles. The Hall–Kier alpha value is -1.36. The van der Waals surface area contributed by atoms with Gasteiger partial charge < -0.3 is 4.74 Å². The van der Waals surface area contributed by atoms with Gasteiger partial charge in [0.1, 0.15) is 5.75 Å². The van der Waals surface area contributed by atoms with Crippen LogP contribution in [0.2, 0.25) is 0 Å². The van der Waals surface area contributed by atoms with Crippen molar-refractivity contribution in [1.29, 1.82) is 0 Å². The molecule has 0 saturated carbocycles. The van der Waals surface area contributed by atoms with Gasteiger partial charge in [-0.25, -0.2) is 5.43 Å². The van der Waals surface area contributed by atoms with E-state index in [4.69, 9.17) is 10.6 Å². The Morgan fingerprint density at radius 3 is 2.74 bits per heavy atom. The van der Waals surface area contributed by atoms with Gasteiger partial charge in [-0.3, -0.25) is 5.84 Å². The second-order valence-corrected chi connectivity index (χ2v) is 5.46. The predicted octanol–water partition coefficient (Wildman–Crippen LogP) is 3.26. The maximum absolute atomic E-state index is 5.73. The first-order valence-corrected chi connectivity index (χ1v) is 7.37. The Bertz CT molecular complexity index is 524. The third-order valence-corrected chi connectivity index (χ3v) is 4.28. The van der Waals surface area contributed by atoms with E-state index >= 15 is 0 Å². The highest BCUT2D eigenvalue weighted by Gasteiger charge is 2.15. The van der Waals surface area contributed by atoms with Crippen LogP contribution in [0.1, 0.15) is 35.2 Å². The molecule has 0 amide bonds. The van der Waals surface area contributed by atoms with E-state index in [1.807, 2.05) is 25.1 Å². The lowest BCUT2D eigenvalue weighted by Gasteiger charge is -2.15. The lowest BCUT2D eigenvalue weighted by molar-refractivity contribution is 0.339. The average Bonchev–Trinajstić information content (AvgIpc) is 2.89. The summed E-state index contributed by atoms with van der Waals surface area (Å²) in [7, 11) is 0. The van der Waals surface area contributed by atoms with Crippen LogP contribution >= 0.6 is 11.3 Å². The molecule has 0 spiro atoms. The summed E-state index contributed by atoms with van der Waals surface area (Å²) in [5.74, 6) is 6.61. The summed E-state index contributed by atoms with van der Waals surface area (Å²) in [5.41, 5.74) is 4.02. The SMILES string of the molecule is CCOc1cccc(C(NN)c2ccc(CC)s2)c1. The monoisotopic (exact) mass is 276 g/mol. The number of nitrogens with two attached hydrogens (primary N) is 1. The van der Waals surface area contributed by atoms with E-state index in [9.17, 15) is 0 Å². The number of hydrazine groups is 1. The van der Waals surface area contributed by atoms with Crippen LogP contribution in [0.25, 0.3) is 0 Å². The topological polar surface area (TPSA) is 47.3 Å². The predicted molar refractivity (Wildman–Crippen MR) is 80.5 cm³/mol. The van der Waals surface area contributed by atoms with Crippen molar-refractivity contribution in [2.24, 2.45) is 5.84 Å². The van der Waals surface area contributed by atoms with Crippen molar-refractivity contribution >= 4 is 11.3 Å². The number of aryl methyl sites for hydroxylation is 1. The molecule has 2 aromatic rings. The molecule has 0 radical (unpaired) electrons. The normalized spacial score (nSPS) is 12.4. The summed E-state index contributed by atoms with van der Waals surface area (Å²) >= 11 is 1.80. The van der Waals surface area contributed by atoms with E-state index < -0.39 is 0 Å². The van der Waals surface area contributed by atoms with Gasteiger partial charge in [-0.2, -0.15) is 0 Å². The quantitative estimate of drug-likeness (QED) is 0.629. The smallest absolute Gasteiger partial charge is 0.119 e. The minimum absolute atomic E-state index is 0.0192. The van der Waals surface area contributed by atoms with Crippen molar-refractivity contribution in [3.8, 4) is 5.75 Å². The van der Waals surface area contributed by atoms with Gasteiger partial charge >= 0.3 is 0 Å². The second kappa shape index (κ2) is 6.70. The van der Waals surface area contributed by atoms with Crippen LogP contribution in [0.4, 0.5) is 0 Å². The summed E-state index contributed by atoms with van der Waals surface area (Å²) in [6, 6.07) is 12.4. The van der Waals surface area contributed by atoms with E-state index in [0.717, 1.165) is 17.7 Å². The molecular formula is C15H20N2OS. The summed E-state index contributed by atoms with van der Waals surface area (Å²) in [6.45, 7) is 4.82. The Morgan fingerprint density at radius 1 is 1.26 bits per heavy atom. The van der Waals surface area contributed by atoms with Crippen LogP contribution in [-0.4, -0.2) is 6.61 Å². The maximum atomic E-state index is 5.73. The highest BCUT2D eigenvalue weighted by Crippen LogP contribution is 2.30. The molecule has 1 aromatic heterocycles. The van der Waals surface area contributed by atoms with Gasteiger partial charge in [0.25, 0.3) is 0 Å². The Morgan fingerprint density at radius 2 is 2.11 bits per heavy atom. The molecule has 0 aliphatic rings. The van der Waals surface area contributed by atoms with Crippen molar-refractivity contribution in [2.45, 2.75) is 26.3 Å². The largest absolute Gasteiger partial charge is 0.494 e. The van der Waals surface area contributed by atoms with Gasteiger partial charge in [0.2, 0.25) is 0 Å². The zero-order valence-corrected chi connectivity index (χ0v) is 12.2. The molecule has 1 atom stereocenters. The molecule has 0 aliphatic carbocycles. The van der Waals surface area contributed by atoms with Crippen LogP contribution in [0, 0.1) is 0 Å². The summed E-state index contributed by atoms with van der Waals surface area (Å²) in [5, 5.41) is 0. The number of hydrogen-bond acceptors (Lipinski definition) is 4. The average molecular weight is 276 g/mol. The van der Waals surface area contributed by atoms with Crippen LogP contribution in [0.15, 0.2) is 36.4 Å². The maximum Gasteiger partial charge on any atom is 0.119 e. The van der Waals surface area contributed by atoms with Gasteiger partial charge in [0.15, 0.2) is 0 Å². The number of rotatable bonds is 6. The molecule has 19 heavy (non-hydrogen) atoms. The zero-order chi connectivity index (χ0) is 13.7. The Kier molecular flexibility index (Phi) is 4.96. The number of benzene rings is 1. The highest BCUT2D eigenvalue weighted by molar-refractivity contribution is 7.12. The van der Waals surface area contributed by atoms with Gasteiger partial charge in [-0.05, 0) is 43.2 Å². The molecule has 0 fully saturated rings. The first kappa shape index (κ1) is 14.1. The van der Waals surface area contributed by atoms with Crippen LogP contribution in [-0.2, 0) is 6.42 Å². The molecule has 1 heterocycles. The van der Waals surface area contributed by atoms with Gasteiger partial charge in [-0.15, -0.1) is 11.3 Å². The lowest BCUT2D eigenvalue weighted by Crippen LogP contribution is -2.28. The van der Waals surface area contributed by atoms with Gasteiger partial charge in [0.05, 0.1) is 12.6 Å². The van der Waals surface area contributed by atoms with Crippen molar-refractivity contribution in [3.05, 3.63) is 51.7 Å². The third kappa shape index (κ3) is 3.35. The van der Waals surface area contributed by atoms with E-state index in [-0.39, 0.29) is 6.04 Å². The Labute approximate surface area is 118 Å². The first-order valence-electron chi connectivity index (χ1n) is 6.56. The van der Waals surface area contributed by atoms with Gasteiger partial charge in [-0.1, -0.05) is 19.1 Å². The minimum Gasteiger partial charge on any atom is -0.494 e. The van der Waals surface area contributed by atoms with Crippen molar-refractivity contribution in [3.63, 3.8) is 0 Å². The van der Waals surface area contributed by atoms with E-state index in [2.05, 4.69) is 30.5 Å². The number of thiophene rings is 1. The second-order valence-electron chi connectivity index (χ2n) is 4.26. The van der Waals surface area contributed by atoms with Crippen molar-refractivity contribution < 1.29 is 4.74 Å². The molecule has 102 valence electrons. The van der Waals surface area contributed by atoms with Gasteiger partial charge in [0, 0.05) is 9.75 Å². The van der Waals surface area contributed by atoms with Crippen molar-refractivity contribution in [2.75, 3.05) is 6.61 Å². The van der Waals surface area contributed by atoms with Crippen LogP contribution in [0.5, 0.6) is 5.75 Å². The molecule has 1 unspecified atom stereocenters. The zero-order valence-electron chi connectivity index (χ0n) is 11.3. The fraction of sp³-hybridized carbons (Fsp3) is 0.333. The first-order chi connectivity index (χ1) is 9.28. The molecule has 4 heteroatoms. The summed E-state index contributed by atoms with van der Waals surface area (Å²) in [6.07, 6.45) is 1.06. The molecular weight excluding hydrogens is 256 g/mol. The van der Waals surface area contributed by atoms with Crippen LogP contribution < -0.4 is 16.0 Å². The number of ether oxygens (including phenoxy) is 1. The molecule has 0 aliphatic heterocycles. The van der Waals surface area contributed by atoms with E-state index in [1.165, 1.54) is 9.75 Å². The molecule has 3 nitrogen and oxygen atoms in total. The standard InChI is InChI=1S/C15H20N2OS/c1-3-13-8-9-14(19-13)15(17-16)11-6-5-7-12(10-11)18-4-2/h5-10,15,17H,3-4,16H2,1-2H3. The van der Waals surface area contributed by atoms with Crippen molar-refractivity contribution in [1.82, 2.24) is 5.43 Å². The number of hydrogen-bond donors (Lipinski definition) is 2. The summed E-state index contributed by atoms with van der Waals surface area (Å²) in [4.78, 5) is 2.60. The summed E-state index contributed by atoms with van der Waals surface area (Å²) < 4.78 is 5.54. The molecule has 0 bridgehead atoms. The lowest BCUT2D eigenvalue weighted by atomic mass is 10.1. The fourth-order valence-corrected chi connectivity index (χ4v) is 3.07. The minimum atomic E-state index is 0.0192. The van der Waals surface area contributed by atoms with E-state index in [0.29, 0.717) is 6.61 Å². The van der Waals surface area contributed by atoms with E-state index in [1.54, 1.807) is 11.3 Å².